The first-order valence-electron chi connectivity index (χ1n) is 9.72. The Kier molecular flexibility index (Phi) is 5.94. The number of fused-ring (bicyclic) bond motifs is 1. The predicted molar refractivity (Wildman–Crippen MR) is 115 cm³/mol. The topological polar surface area (TPSA) is 110 Å². The molecule has 2 heterocycles. The van der Waals surface area contributed by atoms with Crippen LogP contribution < -0.4 is 20.8 Å². The maximum Gasteiger partial charge on any atom is 0.296 e. The molecule has 1 N–H and O–H groups in total. The van der Waals surface area contributed by atoms with Crippen LogP contribution in [0.15, 0.2) is 88.7 Å². The van der Waals surface area contributed by atoms with E-state index in [0.29, 0.717) is 28.8 Å². The molecule has 4 rings (SSSR count). The quantitative estimate of drug-likeness (QED) is 0.475. The Bertz CT molecular complexity index is 1350. The van der Waals surface area contributed by atoms with E-state index in [9.17, 15) is 14.4 Å². The lowest BCUT2D eigenvalue weighted by molar-refractivity contribution is -0.114. The summed E-state index contributed by atoms with van der Waals surface area (Å²) in [7, 11) is 1.54. The number of hydrogen-bond donors (Lipinski definition) is 1. The standard InChI is InChI=1S/C24H18N4O4/c1-32-18-5-2-16(3-6-18)22(29)13-21-24(31)28-20-12-17(4-7-19(20)27-21)23(30)26-14-15-8-10-25-11-9-15/h2-13H,14H2,1H3,(H,26,30)/b21-13-. The van der Waals surface area contributed by atoms with Crippen molar-refractivity contribution in [3.63, 3.8) is 0 Å². The fraction of sp³-hybridized carbons (Fsp3) is 0.0833. The van der Waals surface area contributed by atoms with Crippen LogP contribution in [-0.2, 0) is 11.3 Å². The Hall–Kier alpha value is -4.46. The van der Waals surface area contributed by atoms with E-state index in [1.54, 1.807) is 60.9 Å². The van der Waals surface area contributed by atoms with Crippen LogP contribution in [0.1, 0.15) is 26.3 Å². The second-order valence-corrected chi connectivity index (χ2v) is 6.89. The lowest BCUT2D eigenvalue weighted by Gasteiger charge is -2.07. The Morgan fingerprint density at radius 1 is 0.938 bits per heavy atom. The molecule has 0 saturated carbocycles. The normalized spacial score (nSPS) is 13.5. The molecule has 8 heteroatoms. The molecule has 2 aromatic carbocycles. The molecule has 0 spiro atoms. The van der Waals surface area contributed by atoms with Crippen molar-refractivity contribution in [3.8, 4) is 5.75 Å². The molecule has 2 amide bonds. The van der Waals surface area contributed by atoms with Gasteiger partial charge in [-0.25, -0.2) is 9.98 Å². The number of methoxy groups -OCH3 is 1. The molecule has 0 atom stereocenters. The van der Waals surface area contributed by atoms with Gasteiger partial charge in [-0.3, -0.25) is 19.4 Å². The molecule has 158 valence electrons. The molecular weight excluding hydrogens is 408 g/mol. The highest BCUT2D eigenvalue weighted by Crippen LogP contribution is 2.13. The van der Waals surface area contributed by atoms with Gasteiger partial charge in [-0.1, -0.05) is 0 Å². The van der Waals surface area contributed by atoms with E-state index in [1.807, 2.05) is 0 Å². The Morgan fingerprint density at radius 3 is 2.38 bits per heavy atom. The zero-order chi connectivity index (χ0) is 22.5. The number of rotatable bonds is 6. The molecule has 0 aliphatic carbocycles. The van der Waals surface area contributed by atoms with Crippen LogP contribution in [0.2, 0.25) is 0 Å². The van der Waals surface area contributed by atoms with E-state index >= 15 is 0 Å². The first kappa shape index (κ1) is 20.8. The Balaban J connectivity index is 1.54. The van der Waals surface area contributed by atoms with Crippen molar-refractivity contribution in [2.75, 3.05) is 7.11 Å². The molecule has 0 fully saturated rings. The van der Waals surface area contributed by atoms with Gasteiger partial charge in [-0.05, 0) is 60.2 Å². The second-order valence-electron chi connectivity index (χ2n) is 6.89. The van der Waals surface area contributed by atoms with Crippen molar-refractivity contribution >= 4 is 17.6 Å². The van der Waals surface area contributed by atoms with E-state index in [4.69, 9.17) is 4.74 Å². The molecule has 1 aliphatic rings. The summed E-state index contributed by atoms with van der Waals surface area (Å²) < 4.78 is 5.07. The van der Waals surface area contributed by atoms with Gasteiger partial charge in [-0.2, -0.15) is 0 Å². The summed E-state index contributed by atoms with van der Waals surface area (Å²) in [6.07, 6.45) is 4.46. The molecule has 3 aromatic rings. The SMILES string of the molecule is COc1ccc(C(=O)/C=C2\N=c3ccc(C(=O)NCc4ccncc4)cc3=NC2=O)cc1. The van der Waals surface area contributed by atoms with Crippen LogP contribution in [0.4, 0.5) is 0 Å². The third kappa shape index (κ3) is 4.65. The van der Waals surface area contributed by atoms with Gasteiger partial charge in [0.25, 0.3) is 11.8 Å². The van der Waals surface area contributed by atoms with Gasteiger partial charge in [0.15, 0.2) is 5.78 Å². The van der Waals surface area contributed by atoms with Gasteiger partial charge >= 0.3 is 0 Å². The van der Waals surface area contributed by atoms with Crippen molar-refractivity contribution in [2.24, 2.45) is 9.98 Å². The number of ether oxygens (including phenoxy) is 1. The van der Waals surface area contributed by atoms with Crippen LogP contribution in [0.3, 0.4) is 0 Å². The number of benzene rings is 2. The van der Waals surface area contributed by atoms with Crippen LogP contribution in [-0.4, -0.2) is 29.7 Å². The number of carbonyl (C=O) groups is 3. The first-order chi connectivity index (χ1) is 15.5. The summed E-state index contributed by atoms with van der Waals surface area (Å²) in [5.41, 5.74) is 1.60. The number of aromatic nitrogens is 1. The van der Waals surface area contributed by atoms with Crippen molar-refractivity contribution < 1.29 is 19.1 Å². The van der Waals surface area contributed by atoms with Crippen molar-refractivity contribution in [1.29, 1.82) is 0 Å². The molecule has 0 saturated heterocycles. The van der Waals surface area contributed by atoms with Gasteiger partial charge in [-0.15, -0.1) is 0 Å². The number of carbonyl (C=O) groups excluding carboxylic acids is 3. The highest BCUT2D eigenvalue weighted by atomic mass is 16.5. The van der Waals surface area contributed by atoms with Gasteiger partial charge in [0, 0.05) is 36.1 Å². The summed E-state index contributed by atoms with van der Waals surface area (Å²) in [4.78, 5) is 49.5. The zero-order valence-corrected chi connectivity index (χ0v) is 17.1. The number of hydrogen-bond acceptors (Lipinski definition) is 6. The van der Waals surface area contributed by atoms with Crippen molar-refractivity contribution in [2.45, 2.75) is 6.54 Å². The molecular formula is C24H18N4O4. The fourth-order valence-corrected chi connectivity index (χ4v) is 3.03. The van der Waals surface area contributed by atoms with Crippen LogP contribution in [0.25, 0.3) is 0 Å². The minimum absolute atomic E-state index is 0.0618. The Morgan fingerprint density at radius 2 is 1.66 bits per heavy atom. The number of nitrogens with zero attached hydrogens (tertiary/aromatic N) is 3. The molecule has 0 radical (unpaired) electrons. The average Bonchev–Trinajstić information content (AvgIpc) is 2.83. The fourth-order valence-electron chi connectivity index (χ4n) is 3.03. The minimum atomic E-state index is -0.645. The highest BCUT2D eigenvalue weighted by Gasteiger charge is 2.16. The summed E-state index contributed by atoms with van der Waals surface area (Å²) in [6, 6.07) is 14.8. The molecule has 1 aliphatic heterocycles. The van der Waals surface area contributed by atoms with Gasteiger partial charge in [0.2, 0.25) is 0 Å². The van der Waals surface area contributed by atoms with Gasteiger partial charge in [0.05, 0.1) is 17.8 Å². The minimum Gasteiger partial charge on any atom is -0.497 e. The third-order valence-corrected chi connectivity index (χ3v) is 4.76. The number of nitrogens with one attached hydrogen (secondary N) is 1. The Labute approximate surface area is 183 Å². The number of amides is 2. The largest absolute Gasteiger partial charge is 0.497 e. The van der Waals surface area contributed by atoms with Crippen molar-refractivity contribution in [3.05, 3.63) is 106 Å². The van der Waals surface area contributed by atoms with E-state index in [-0.39, 0.29) is 22.7 Å². The van der Waals surface area contributed by atoms with Crippen LogP contribution >= 0.6 is 0 Å². The van der Waals surface area contributed by atoms with E-state index in [1.165, 1.54) is 13.2 Å². The summed E-state index contributed by atoms with van der Waals surface area (Å²) in [5.74, 6) is -0.695. The molecule has 1 aromatic heterocycles. The summed E-state index contributed by atoms with van der Waals surface area (Å²) in [6.45, 7) is 0.346. The predicted octanol–water partition coefficient (Wildman–Crippen LogP) is 1.57. The first-order valence-corrected chi connectivity index (χ1v) is 9.72. The lowest BCUT2D eigenvalue weighted by atomic mass is 10.1. The number of allylic oxidation sites excluding steroid dienone is 1. The molecule has 32 heavy (non-hydrogen) atoms. The van der Waals surface area contributed by atoms with E-state index in [0.717, 1.165) is 11.6 Å². The van der Waals surface area contributed by atoms with Crippen LogP contribution in [0.5, 0.6) is 5.75 Å². The lowest BCUT2D eigenvalue weighted by Crippen LogP contribution is -2.33. The van der Waals surface area contributed by atoms with E-state index in [2.05, 4.69) is 20.3 Å². The van der Waals surface area contributed by atoms with Gasteiger partial charge < -0.3 is 10.1 Å². The highest BCUT2D eigenvalue weighted by molar-refractivity contribution is 6.09. The second kappa shape index (κ2) is 9.13. The monoisotopic (exact) mass is 426 g/mol. The molecule has 0 bridgehead atoms. The van der Waals surface area contributed by atoms with E-state index < -0.39 is 5.91 Å². The maximum absolute atomic E-state index is 12.5. The molecule has 0 unspecified atom stereocenters. The third-order valence-electron chi connectivity index (χ3n) is 4.76. The van der Waals surface area contributed by atoms with Gasteiger partial charge in [0.1, 0.15) is 11.4 Å². The smallest absolute Gasteiger partial charge is 0.296 e. The van der Waals surface area contributed by atoms with Crippen molar-refractivity contribution in [1.82, 2.24) is 10.3 Å². The number of pyridine rings is 1. The summed E-state index contributed by atoms with van der Waals surface area (Å²) in [5, 5.41) is 3.49. The number of ketones is 1. The summed E-state index contributed by atoms with van der Waals surface area (Å²) >= 11 is 0. The maximum atomic E-state index is 12.5. The zero-order valence-electron chi connectivity index (χ0n) is 17.1. The molecule has 8 nitrogen and oxygen atoms in total. The van der Waals surface area contributed by atoms with Crippen LogP contribution in [0, 0.1) is 0 Å². The average molecular weight is 426 g/mol.